The fraction of sp³-hybridized carbons (Fsp3) is 0.0588. The van der Waals surface area contributed by atoms with Gasteiger partial charge in [-0.25, -0.2) is 0 Å². The summed E-state index contributed by atoms with van der Waals surface area (Å²) in [6, 6.07) is 79.8. The highest BCUT2D eigenvalue weighted by Gasteiger charge is 2.27. The van der Waals surface area contributed by atoms with Gasteiger partial charge in [0.05, 0.1) is 0 Å². The predicted octanol–water partition coefficient (Wildman–Crippen LogP) is 20.4. The quantitative estimate of drug-likeness (QED) is 0.142. The summed E-state index contributed by atoms with van der Waals surface area (Å²) in [6.07, 6.45) is 0. The van der Waals surface area contributed by atoms with Gasteiger partial charge in [-0.3, -0.25) is 0 Å². The lowest BCUT2D eigenvalue weighted by molar-refractivity contribution is 0.673. The number of para-hydroxylation sites is 4. The van der Waals surface area contributed by atoms with Crippen molar-refractivity contribution in [3.05, 3.63) is 241 Å². The second kappa shape index (κ2) is 16.4. The normalized spacial score (nSPS) is 11.9. The molecule has 0 spiro atoms. The minimum Gasteiger partial charge on any atom is -0.455 e. The van der Waals surface area contributed by atoms with Gasteiger partial charge in [0.2, 0.25) is 0 Å². The molecule has 4 heteroatoms. The van der Waals surface area contributed by atoms with E-state index in [0.717, 1.165) is 61.4 Å². The number of aryl methyl sites for hydroxylation is 4. The minimum absolute atomic E-state index is 0.861. The SMILES string of the molecule is Cc1cccc(C)c1-c1cc2c3sc4cc(N(c5ccccc5)c5ccccc5)ccc4c3cc3c(-c4c(C)cccc4C)cc4c5oc6cc(N(c7ccccc7)c7ccccc7)ccc6c5cc1c4c32. The molecule has 0 unspecified atom stereocenters. The monoisotopic (exact) mass is 940 g/mol. The van der Waals surface area contributed by atoms with Crippen LogP contribution in [0.1, 0.15) is 22.3 Å². The van der Waals surface area contributed by atoms with E-state index in [1.54, 1.807) is 0 Å². The molecule has 0 radical (unpaired) electrons. The van der Waals surface area contributed by atoms with E-state index < -0.39 is 0 Å². The largest absolute Gasteiger partial charge is 0.455 e. The lowest BCUT2D eigenvalue weighted by Gasteiger charge is -2.25. The van der Waals surface area contributed by atoms with E-state index in [-0.39, 0.29) is 0 Å². The predicted molar refractivity (Wildman–Crippen MR) is 309 cm³/mol. The molecule has 2 aromatic heterocycles. The Bertz CT molecular complexity index is 4020. The molecule has 0 saturated heterocycles. The molecule has 0 atom stereocenters. The number of anilines is 6. The summed E-state index contributed by atoms with van der Waals surface area (Å²) in [4.78, 5) is 4.68. The lowest BCUT2D eigenvalue weighted by atomic mass is 9.82. The lowest BCUT2D eigenvalue weighted by Crippen LogP contribution is -2.09. The van der Waals surface area contributed by atoms with E-state index >= 15 is 0 Å². The van der Waals surface area contributed by atoms with Gasteiger partial charge in [0.15, 0.2) is 0 Å². The van der Waals surface area contributed by atoms with Crippen molar-refractivity contribution in [2.24, 2.45) is 0 Å². The van der Waals surface area contributed by atoms with E-state index in [1.807, 2.05) is 11.3 Å². The van der Waals surface area contributed by atoms with E-state index in [4.69, 9.17) is 4.42 Å². The second-order valence-corrected chi connectivity index (χ2v) is 20.5. The summed E-state index contributed by atoms with van der Waals surface area (Å²) in [6.45, 7) is 9.05. The number of fused-ring (bicyclic) bond motifs is 8. The number of benzene rings is 12. The van der Waals surface area contributed by atoms with Crippen molar-refractivity contribution in [2.75, 3.05) is 9.80 Å². The van der Waals surface area contributed by atoms with Crippen LogP contribution in [0.3, 0.4) is 0 Å². The van der Waals surface area contributed by atoms with Gasteiger partial charge in [0.1, 0.15) is 11.2 Å². The van der Waals surface area contributed by atoms with Crippen LogP contribution in [0.4, 0.5) is 34.1 Å². The van der Waals surface area contributed by atoms with Crippen LogP contribution in [0, 0.1) is 27.7 Å². The van der Waals surface area contributed by atoms with Crippen LogP contribution in [-0.2, 0) is 0 Å². The van der Waals surface area contributed by atoms with Crippen molar-refractivity contribution < 1.29 is 4.42 Å². The topological polar surface area (TPSA) is 19.6 Å². The number of thiophene rings is 1. The molecule has 14 rings (SSSR count). The molecule has 0 fully saturated rings. The Morgan fingerprint density at radius 2 is 0.750 bits per heavy atom. The van der Waals surface area contributed by atoms with E-state index in [2.05, 4.69) is 256 Å². The van der Waals surface area contributed by atoms with E-state index in [0.29, 0.717) is 0 Å². The number of hydrogen-bond donors (Lipinski definition) is 0. The Balaban J connectivity index is 1.11. The third-order valence-corrected chi connectivity index (χ3v) is 16.3. The van der Waals surface area contributed by atoms with E-state index in [9.17, 15) is 0 Å². The number of nitrogens with zero attached hydrogens (tertiary/aromatic N) is 2. The van der Waals surface area contributed by atoms with Crippen LogP contribution in [0.25, 0.3) is 96.7 Å². The summed E-state index contributed by atoms with van der Waals surface area (Å²) < 4.78 is 9.89. The summed E-state index contributed by atoms with van der Waals surface area (Å²) in [5.41, 5.74) is 18.5. The molecular weight excluding hydrogens is 893 g/mol. The summed E-state index contributed by atoms with van der Waals surface area (Å²) in [5, 5.41) is 12.2. The van der Waals surface area contributed by atoms with Gasteiger partial charge >= 0.3 is 0 Å². The maximum atomic E-state index is 7.33. The zero-order valence-corrected chi connectivity index (χ0v) is 41.3. The van der Waals surface area contributed by atoms with Crippen LogP contribution in [0.5, 0.6) is 0 Å². The standard InChI is InChI=1S/C68H48N2OS/c1-41-19-17-20-42(2)63(41)53-39-59-65-55(37-57-51-33-31-49(35-61(51)71-67(57)59)69(45-23-9-5-10-24-45)46-25-11-6-12-26-46)54(64-43(3)21-18-22-44(64)4)40-60-66(65)56(53)38-58-52-34-32-50(36-62(52)72-68(58)60)70(47-27-13-7-14-28-47)48-29-15-8-16-30-48/h5-40H,1-4H3. The average Bonchev–Trinajstić information content (AvgIpc) is 3.97. The molecule has 12 aromatic carbocycles. The molecule has 14 aromatic rings. The first-order valence-corrected chi connectivity index (χ1v) is 25.6. The Labute approximate surface area is 422 Å². The fourth-order valence-corrected chi connectivity index (χ4v) is 13.1. The van der Waals surface area contributed by atoms with Crippen molar-refractivity contribution in [1.82, 2.24) is 0 Å². The highest BCUT2D eigenvalue weighted by molar-refractivity contribution is 7.26. The third-order valence-electron chi connectivity index (χ3n) is 15.1. The summed E-state index contributed by atoms with van der Waals surface area (Å²) in [7, 11) is 0. The van der Waals surface area contributed by atoms with Crippen LogP contribution in [0.15, 0.2) is 223 Å². The average molecular weight is 941 g/mol. The maximum absolute atomic E-state index is 7.33. The fourth-order valence-electron chi connectivity index (χ4n) is 11.9. The molecule has 0 saturated carbocycles. The zero-order chi connectivity index (χ0) is 48.2. The molecule has 3 nitrogen and oxygen atoms in total. The first-order valence-electron chi connectivity index (χ1n) is 24.8. The van der Waals surface area contributed by atoms with Gasteiger partial charge in [-0.2, -0.15) is 0 Å². The van der Waals surface area contributed by atoms with Gasteiger partial charge in [0, 0.05) is 87.3 Å². The molecule has 72 heavy (non-hydrogen) atoms. The van der Waals surface area contributed by atoms with E-state index in [1.165, 1.54) is 91.6 Å². The summed E-state index contributed by atoms with van der Waals surface area (Å²) in [5.74, 6) is 0. The Morgan fingerprint density at radius 3 is 1.25 bits per heavy atom. The molecule has 342 valence electrons. The van der Waals surface area contributed by atoms with Crippen molar-refractivity contribution in [3.8, 4) is 22.3 Å². The van der Waals surface area contributed by atoms with Gasteiger partial charge < -0.3 is 14.2 Å². The van der Waals surface area contributed by atoms with Crippen LogP contribution in [-0.4, -0.2) is 0 Å². The molecule has 0 amide bonds. The van der Waals surface area contributed by atoms with Gasteiger partial charge in [0.25, 0.3) is 0 Å². The van der Waals surface area contributed by atoms with Crippen LogP contribution < -0.4 is 9.80 Å². The summed E-state index contributed by atoms with van der Waals surface area (Å²) >= 11 is 1.91. The molecular formula is C68H48N2OS. The molecule has 0 bridgehead atoms. The van der Waals surface area contributed by atoms with Crippen LogP contribution in [0.2, 0.25) is 0 Å². The first kappa shape index (κ1) is 42.2. The highest BCUT2D eigenvalue weighted by atomic mass is 32.1. The Morgan fingerprint density at radius 1 is 0.319 bits per heavy atom. The minimum atomic E-state index is 0.861. The maximum Gasteiger partial charge on any atom is 0.143 e. The number of hydrogen-bond acceptors (Lipinski definition) is 4. The van der Waals surface area contributed by atoms with Crippen LogP contribution >= 0.6 is 11.3 Å². The third kappa shape index (κ3) is 6.49. The molecule has 0 N–H and O–H groups in total. The van der Waals surface area contributed by atoms with Gasteiger partial charge in [-0.15, -0.1) is 11.3 Å². The number of rotatable bonds is 8. The van der Waals surface area contributed by atoms with Crippen molar-refractivity contribution in [2.45, 2.75) is 27.7 Å². The first-order chi connectivity index (χ1) is 35.4. The van der Waals surface area contributed by atoms with Crippen molar-refractivity contribution in [1.29, 1.82) is 0 Å². The van der Waals surface area contributed by atoms with Gasteiger partial charge in [-0.1, -0.05) is 115 Å². The van der Waals surface area contributed by atoms with Gasteiger partial charge in [-0.05, 0) is 185 Å². The number of furan rings is 1. The van der Waals surface area contributed by atoms with Crippen molar-refractivity contribution >= 4 is 120 Å². The van der Waals surface area contributed by atoms with Crippen molar-refractivity contribution in [3.63, 3.8) is 0 Å². The Kier molecular flexibility index (Phi) is 9.64. The smallest absolute Gasteiger partial charge is 0.143 e. The molecule has 0 aliphatic rings. The molecule has 0 aliphatic heterocycles. The molecule has 2 heterocycles. The highest BCUT2D eigenvalue weighted by Crippen LogP contribution is 2.54. The zero-order valence-electron chi connectivity index (χ0n) is 40.5. The Hall–Kier alpha value is -8.70. The second-order valence-electron chi connectivity index (χ2n) is 19.4. The molecule has 0 aliphatic carbocycles.